The molecule has 4 bridgehead atoms. The van der Waals surface area contributed by atoms with Crippen LogP contribution in [0.1, 0.15) is 43.9 Å². The van der Waals surface area contributed by atoms with Crippen molar-refractivity contribution in [3.63, 3.8) is 0 Å². The summed E-state index contributed by atoms with van der Waals surface area (Å²) in [5.74, 6) is 5.35. The molecule has 0 saturated heterocycles. The molecule has 1 aromatic heterocycles. The molecule has 1 aromatic rings. The molecule has 4 saturated carbocycles. The van der Waals surface area contributed by atoms with Crippen LogP contribution in [-0.2, 0) is 0 Å². The lowest BCUT2D eigenvalue weighted by Crippen LogP contribution is -2.48. The highest BCUT2D eigenvalue weighted by molar-refractivity contribution is 9.10. The van der Waals surface area contributed by atoms with Crippen LogP contribution in [0.5, 0.6) is 0 Å². The fraction of sp³-hybridized carbons (Fsp3) is 0.733. The van der Waals surface area contributed by atoms with Crippen LogP contribution in [0.3, 0.4) is 0 Å². The van der Waals surface area contributed by atoms with E-state index in [4.69, 9.17) is 10.2 Å². The number of hydrogen-bond acceptors (Lipinski definition) is 2. The van der Waals surface area contributed by atoms with Gasteiger partial charge in [-0.3, -0.25) is 0 Å². The van der Waals surface area contributed by atoms with Crippen molar-refractivity contribution in [3.8, 4) is 0 Å². The minimum Gasteiger partial charge on any atom is -0.466 e. The SMILES string of the molecule is NC(c1occc1Br)C1C2CC3CC(C2)CC1C3. The highest BCUT2D eigenvalue weighted by Crippen LogP contribution is 2.59. The van der Waals surface area contributed by atoms with Gasteiger partial charge in [0.25, 0.3) is 0 Å². The molecular weight excluding hydrogens is 290 g/mol. The monoisotopic (exact) mass is 309 g/mol. The third kappa shape index (κ3) is 1.63. The first-order valence-electron chi connectivity index (χ1n) is 7.21. The van der Waals surface area contributed by atoms with Gasteiger partial charge in [-0.25, -0.2) is 0 Å². The van der Waals surface area contributed by atoms with Crippen LogP contribution in [-0.4, -0.2) is 0 Å². The van der Waals surface area contributed by atoms with E-state index < -0.39 is 0 Å². The second-order valence-electron chi connectivity index (χ2n) is 6.67. The van der Waals surface area contributed by atoms with Crippen molar-refractivity contribution in [2.75, 3.05) is 0 Å². The molecule has 0 amide bonds. The Morgan fingerprint density at radius 3 is 2.22 bits per heavy atom. The maximum atomic E-state index is 6.54. The van der Waals surface area contributed by atoms with E-state index in [0.717, 1.165) is 33.9 Å². The number of nitrogens with two attached hydrogens (primary N) is 1. The summed E-state index contributed by atoms with van der Waals surface area (Å²) in [5, 5.41) is 0. The Labute approximate surface area is 116 Å². The van der Waals surface area contributed by atoms with Crippen LogP contribution in [0.15, 0.2) is 21.2 Å². The van der Waals surface area contributed by atoms with E-state index in [1.54, 1.807) is 6.26 Å². The molecule has 1 atom stereocenters. The molecule has 0 aliphatic heterocycles. The van der Waals surface area contributed by atoms with Crippen molar-refractivity contribution in [2.24, 2.45) is 35.3 Å². The fourth-order valence-electron chi connectivity index (χ4n) is 5.27. The van der Waals surface area contributed by atoms with Crippen LogP contribution in [0.2, 0.25) is 0 Å². The molecule has 18 heavy (non-hydrogen) atoms. The number of furan rings is 1. The maximum absolute atomic E-state index is 6.54. The highest BCUT2D eigenvalue weighted by Gasteiger charge is 2.50. The molecule has 0 aromatic carbocycles. The van der Waals surface area contributed by atoms with Gasteiger partial charge >= 0.3 is 0 Å². The van der Waals surface area contributed by atoms with Gasteiger partial charge < -0.3 is 10.2 Å². The van der Waals surface area contributed by atoms with E-state index in [9.17, 15) is 0 Å². The normalized spacial score (nSPS) is 43.3. The summed E-state index contributed by atoms with van der Waals surface area (Å²) >= 11 is 3.56. The van der Waals surface area contributed by atoms with Crippen molar-refractivity contribution < 1.29 is 4.42 Å². The minimum atomic E-state index is 0.0874. The Kier molecular flexibility index (Phi) is 2.63. The van der Waals surface area contributed by atoms with E-state index in [0.29, 0.717) is 5.92 Å². The zero-order valence-electron chi connectivity index (χ0n) is 10.5. The average Bonchev–Trinajstić information content (AvgIpc) is 2.73. The molecule has 1 heterocycles. The number of rotatable bonds is 2. The Hall–Kier alpha value is -0.280. The lowest BCUT2D eigenvalue weighted by molar-refractivity contribution is -0.0497. The highest BCUT2D eigenvalue weighted by atomic mass is 79.9. The van der Waals surface area contributed by atoms with Crippen molar-refractivity contribution in [3.05, 3.63) is 22.6 Å². The molecule has 4 aliphatic carbocycles. The number of halogens is 1. The molecule has 4 aliphatic rings. The predicted octanol–water partition coefficient (Wildman–Crippen LogP) is 4.11. The molecule has 3 heteroatoms. The van der Waals surface area contributed by atoms with Gasteiger partial charge in [0, 0.05) is 0 Å². The van der Waals surface area contributed by atoms with E-state index in [1.807, 2.05) is 6.07 Å². The van der Waals surface area contributed by atoms with Gasteiger partial charge in [-0.15, -0.1) is 0 Å². The molecule has 0 radical (unpaired) electrons. The Bertz CT molecular complexity index is 427. The Morgan fingerprint density at radius 2 is 1.72 bits per heavy atom. The van der Waals surface area contributed by atoms with Gasteiger partial charge in [0.2, 0.25) is 0 Å². The van der Waals surface area contributed by atoms with E-state index >= 15 is 0 Å². The van der Waals surface area contributed by atoms with Crippen LogP contribution in [0.25, 0.3) is 0 Å². The Balaban J connectivity index is 1.63. The van der Waals surface area contributed by atoms with Crippen molar-refractivity contribution in [2.45, 2.75) is 38.1 Å². The van der Waals surface area contributed by atoms with Gasteiger partial charge in [-0.2, -0.15) is 0 Å². The van der Waals surface area contributed by atoms with E-state index in [-0.39, 0.29) is 6.04 Å². The van der Waals surface area contributed by atoms with E-state index in [2.05, 4.69) is 15.9 Å². The van der Waals surface area contributed by atoms with Crippen molar-refractivity contribution in [1.82, 2.24) is 0 Å². The van der Waals surface area contributed by atoms with Crippen molar-refractivity contribution >= 4 is 15.9 Å². The van der Waals surface area contributed by atoms with Gasteiger partial charge in [0.15, 0.2) is 0 Å². The molecular formula is C15H20BrNO. The van der Waals surface area contributed by atoms with E-state index in [1.165, 1.54) is 32.1 Å². The zero-order chi connectivity index (χ0) is 12.3. The summed E-state index contributed by atoms with van der Waals surface area (Å²) < 4.78 is 6.66. The topological polar surface area (TPSA) is 39.2 Å². The first-order chi connectivity index (χ1) is 8.72. The predicted molar refractivity (Wildman–Crippen MR) is 73.9 cm³/mol. The maximum Gasteiger partial charge on any atom is 0.134 e. The quantitative estimate of drug-likeness (QED) is 0.892. The summed E-state index contributed by atoms with van der Waals surface area (Å²) in [6, 6.07) is 2.05. The van der Waals surface area contributed by atoms with Crippen LogP contribution in [0.4, 0.5) is 0 Å². The standard InChI is InChI=1S/C15H20BrNO/c16-12-1-2-18-15(12)14(17)13-10-4-8-3-9(6-10)7-11(13)5-8/h1-2,8-11,13-14H,3-7,17H2. The molecule has 5 rings (SSSR count). The van der Waals surface area contributed by atoms with Gasteiger partial charge in [-0.1, -0.05) is 0 Å². The molecule has 1 unspecified atom stereocenters. The third-order valence-corrected chi connectivity index (χ3v) is 6.32. The molecule has 2 N–H and O–H groups in total. The average molecular weight is 310 g/mol. The molecule has 98 valence electrons. The zero-order valence-corrected chi connectivity index (χ0v) is 12.1. The third-order valence-electron chi connectivity index (χ3n) is 5.66. The van der Waals surface area contributed by atoms with Crippen LogP contribution in [0, 0.1) is 29.6 Å². The molecule has 0 spiro atoms. The first-order valence-corrected chi connectivity index (χ1v) is 8.00. The smallest absolute Gasteiger partial charge is 0.134 e. The summed E-state index contributed by atoms with van der Waals surface area (Å²) in [4.78, 5) is 0. The van der Waals surface area contributed by atoms with Gasteiger partial charge in [0.05, 0.1) is 16.8 Å². The molecule has 4 fully saturated rings. The summed E-state index contributed by atoms with van der Waals surface area (Å²) in [6.45, 7) is 0. The largest absolute Gasteiger partial charge is 0.466 e. The lowest BCUT2D eigenvalue weighted by atomic mass is 9.50. The minimum absolute atomic E-state index is 0.0874. The Morgan fingerprint density at radius 1 is 1.11 bits per heavy atom. The first kappa shape index (κ1) is 11.5. The summed E-state index contributed by atoms with van der Waals surface area (Å²) in [6.07, 6.45) is 8.93. The fourth-order valence-corrected chi connectivity index (χ4v) is 5.74. The lowest BCUT2D eigenvalue weighted by Gasteiger charge is -2.55. The second-order valence-corrected chi connectivity index (χ2v) is 7.52. The summed E-state index contributed by atoms with van der Waals surface area (Å²) in [5.41, 5.74) is 6.54. The van der Waals surface area contributed by atoms with Gasteiger partial charge in [0.1, 0.15) is 5.76 Å². The molecule has 2 nitrogen and oxygen atoms in total. The summed E-state index contributed by atoms with van der Waals surface area (Å²) in [7, 11) is 0. The van der Waals surface area contributed by atoms with Crippen molar-refractivity contribution in [1.29, 1.82) is 0 Å². The van der Waals surface area contributed by atoms with Gasteiger partial charge in [-0.05, 0) is 83.7 Å². The van der Waals surface area contributed by atoms with Crippen LogP contribution >= 0.6 is 15.9 Å². The van der Waals surface area contributed by atoms with Crippen LogP contribution < -0.4 is 5.73 Å². The number of hydrogen-bond donors (Lipinski definition) is 1. The second kappa shape index (κ2) is 4.11.